The first-order valence-electron chi connectivity index (χ1n) is 4.55. The van der Waals surface area contributed by atoms with Crippen molar-refractivity contribution in [3.63, 3.8) is 0 Å². The van der Waals surface area contributed by atoms with Gasteiger partial charge in [-0.3, -0.25) is 9.13 Å². The standard InChI is InChI=1S/C6H17NO7P2/c1-2-5(7)3-4-6(8,15(9,10)11)16(12,13)14/h5,8H,2-4,7H2,1H3,(H2,9,10,11)(H2,12,13,14). The molecule has 0 spiro atoms. The van der Waals surface area contributed by atoms with Crippen LogP contribution in [0.15, 0.2) is 0 Å². The van der Waals surface area contributed by atoms with Gasteiger partial charge in [0.1, 0.15) is 0 Å². The first-order valence-corrected chi connectivity index (χ1v) is 7.77. The molecular formula is C6H17NO7P2. The van der Waals surface area contributed by atoms with Gasteiger partial charge in [0.25, 0.3) is 5.08 Å². The molecule has 0 aromatic carbocycles. The molecule has 0 aliphatic heterocycles. The topological polar surface area (TPSA) is 161 Å². The van der Waals surface area contributed by atoms with E-state index in [4.69, 9.17) is 25.3 Å². The molecule has 7 N–H and O–H groups in total. The van der Waals surface area contributed by atoms with Crippen molar-refractivity contribution in [2.24, 2.45) is 5.73 Å². The van der Waals surface area contributed by atoms with Crippen LogP contribution in [-0.2, 0) is 9.13 Å². The van der Waals surface area contributed by atoms with Gasteiger partial charge in [0, 0.05) is 12.5 Å². The monoisotopic (exact) mass is 277 g/mol. The molecule has 1 unspecified atom stereocenters. The molecule has 0 aromatic heterocycles. The van der Waals surface area contributed by atoms with Crippen molar-refractivity contribution in [2.45, 2.75) is 37.3 Å². The molecule has 0 heterocycles. The summed E-state index contributed by atoms with van der Waals surface area (Å²) in [5.41, 5.74) is 5.45. The number of hydrogen-bond acceptors (Lipinski definition) is 4. The van der Waals surface area contributed by atoms with E-state index < -0.39 is 32.7 Å². The lowest BCUT2D eigenvalue weighted by molar-refractivity contribution is 0.119. The molecule has 8 nitrogen and oxygen atoms in total. The van der Waals surface area contributed by atoms with E-state index in [9.17, 15) is 14.2 Å². The van der Waals surface area contributed by atoms with E-state index in [0.717, 1.165) is 0 Å². The maximum absolute atomic E-state index is 10.9. The van der Waals surface area contributed by atoms with Gasteiger partial charge in [0.2, 0.25) is 0 Å². The Kier molecular flexibility index (Phi) is 5.32. The smallest absolute Gasteiger partial charge is 0.368 e. The Hall–Kier alpha value is 0.220. The number of aliphatic hydroxyl groups is 1. The summed E-state index contributed by atoms with van der Waals surface area (Å²) in [5, 5.41) is 6.11. The largest absolute Gasteiger partial charge is 0.369 e. The van der Waals surface area contributed by atoms with Gasteiger partial charge in [-0.25, -0.2) is 0 Å². The molecule has 0 saturated carbocycles. The molecule has 98 valence electrons. The van der Waals surface area contributed by atoms with Crippen LogP contribution < -0.4 is 5.73 Å². The Balaban J connectivity index is 5.00. The predicted octanol–water partition coefficient (Wildman–Crippen LogP) is -0.495. The molecule has 0 rings (SSSR count). The van der Waals surface area contributed by atoms with Crippen molar-refractivity contribution in [3.8, 4) is 0 Å². The summed E-state index contributed by atoms with van der Waals surface area (Å²) in [6.07, 6.45) is -0.377. The fraction of sp³-hybridized carbons (Fsp3) is 1.00. The van der Waals surface area contributed by atoms with Crippen LogP contribution in [0.1, 0.15) is 26.2 Å². The van der Waals surface area contributed by atoms with E-state index in [1.54, 1.807) is 6.92 Å². The van der Waals surface area contributed by atoms with Crippen LogP contribution in [0.4, 0.5) is 0 Å². The Bertz CT molecular complexity index is 299. The summed E-state index contributed by atoms with van der Waals surface area (Å²) < 4.78 is 21.8. The molecule has 0 aliphatic carbocycles. The highest BCUT2D eigenvalue weighted by Gasteiger charge is 2.58. The van der Waals surface area contributed by atoms with Crippen LogP contribution in [-0.4, -0.2) is 35.8 Å². The zero-order chi connectivity index (χ0) is 13.2. The van der Waals surface area contributed by atoms with Crippen LogP contribution in [0, 0.1) is 0 Å². The van der Waals surface area contributed by atoms with Gasteiger partial charge < -0.3 is 30.4 Å². The van der Waals surface area contributed by atoms with Crippen LogP contribution >= 0.6 is 15.2 Å². The van der Waals surface area contributed by atoms with Crippen molar-refractivity contribution >= 4 is 15.2 Å². The van der Waals surface area contributed by atoms with E-state index in [2.05, 4.69) is 0 Å². The highest BCUT2D eigenvalue weighted by molar-refractivity contribution is 7.72. The molecule has 0 amide bonds. The molecule has 0 aromatic rings. The second-order valence-electron chi connectivity index (χ2n) is 3.57. The van der Waals surface area contributed by atoms with Crippen LogP contribution in [0.25, 0.3) is 0 Å². The quantitative estimate of drug-likeness (QED) is 0.354. The number of rotatable bonds is 6. The minimum Gasteiger partial charge on any atom is -0.368 e. The average molecular weight is 277 g/mol. The normalized spacial score (nSPS) is 16.2. The molecular weight excluding hydrogens is 260 g/mol. The van der Waals surface area contributed by atoms with E-state index in [-0.39, 0.29) is 6.42 Å². The lowest BCUT2D eigenvalue weighted by Gasteiger charge is -2.29. The van der Waals surface area contributed by atoms with Crippen molar-refractivity contribution in [1.82, 2.24) is 0 Å². The predicted molar refractivity (Wildman–Crippen MR) is 56.5 cm³/mol. The van der Waals surface area contributed by atoms with Gasteiger partial charge >= 0.3 is 15.2 Å². The van der Waals surface area contributed by atoms with Crippen molar-refractivity contribution < 1.29 is 33.8 Å². The van der Waals surface area contributed by atoms with Gasteiger partial charge in [-0.1, -0.05) is 6.92 Å². The Morgan fingerprint density at radius 2 is 1.56 bits per heavy atom. The van der Waals surface area contributed by atoms with Gasteiger partial charge in [0.05, 0.1) is 0 Å². The maximum atomic E-state index is 10.9. The van der Waals surface area contributed by atoms with E-state index >= 15 is 0 Å². The third-order valence-corrected chi connectivity index (χ3v) is 6.18. The summed E-state index contributed by atoms with van der Waals surface area (Å²) in [5.74, 6) is 0. The highest BCUT2D eigenvalue weighted by Crippen LogP contribution is 2.69. The van der Waals surface area contributed by atoms with E-state index in [0.29, 0.717) is 6.42 Å². The maximum Gasteiger partial charge on any atom is 0.369 e. The van der Waals surface area contributed by atoms with E-state index in [1.165, 1.54) is 0 Å². The van der Waals surface area contributed by atoms with Gasteiger partial charge in [0.15, 0.2) is 0 Å². The number of nitrogens with two attached hydrogens (primary N) is 1. The molecule has 0 radical (unpaired) electrons. The fourth-order valence-electron chi connectivity index (χ4n) is 1.04. The fourth-order valence-corrected chi connectivity index (χ4v) is 3.24. The average Bonchev–Trinajstić information content (AvgIpc) is 2.09. The summed E-state index contributed by atoms with van der Waals surface area (Å²) in [6.45, 7) is 1.71. The minimum absolute atomic E-state index is 0.0940. The Morgan fingerprint density at radius 3 is 1.81 bits per heavy atom. The second kappa shape index (κ2) is 5.25. The SMILES string of the molecule is CCC(N)CCC(O)(P(=O)(O)O)P(=O)(O)O. The van der Waals surface area contributed by atoms with Gasteiger partial charge in [-0.2, -0.15) is 0 Å². The molecule has 0 aliphatic rings. The summed E-state index contributed by atoms with van der Waals surface area (Å²) in [7, 11) is -10.7. The Labute approximate surface area is 92.8 Å². The van der Waals surface area contributed by atoms with Crippen molar-refractivity contribution in [3.05, 3.63) is 0 Å². The zero-order valence-electron chi connectivity index (χ0n) is 8.72. The molecule has 10 heteroatoms. The lowest BCUT2D eigenvalue weighted by atomic mass is 10.1. The van der Waals surface area contributed by atoms with Crippen LogP contribution in [0.5, 0.6) is 0 Å². The minimum atomic E-state index is -5.34. The van der Waals surface area contributed by atoms with Crippen LogP contribution in [0.2, 0.25) is 0 Å². The zero-order valence-corrected chi connectivity index (χ0v) is 10.5. The highest BCUT2D eigenvalue weighted by atomic mass is 31.2. The lowest BCUT2D eigenvalue weighted by Crippen LogP contribution is -2.31. The van der Waals surface area contributed by atoms with E-state index in [1.807, 2.05) is 0 Å². The third-order valence-electron chi connectivity index (χ3n) is 2.31. The molecule has 0 fully saturated rings. The summed E-state index contributed by atoms with van der Waals surface area (Å²) in [4.78, 5) is 35.1. The van der Waals surface area contributed by atoms with Gasteiger partial charge in [-0.15, -0.1) is 0 Å². The van der Waals surface area contributed by atoms with Gasteiger partial charge in [-0.05, 0) is 12.8 Å². The molecule has 0 saturated heterocycles. The van der Waals surface area contributed by atoms with Crippen molar-refractivity contribution in [1.29, 1.82) is 0 Å². The van der Waals surface area contributed by atoms with Crippen molar-refractivity contribution in [2.75, 3.05) is 0 Å². The summed E-state index contributed by atoms with van der Waals surface area (Å²) in [6, 6.07) is -0.482. The van der Waals surface area contributed by atoms with Crippen LogP contribution in [0.3, 0.4) is 0 Å². The second-order valence-corrected chi connectivity index (χ2v) is 7.58. The Morgan fingerprint density at radius 1 is 1.19 bits per heavy atom. The number of hydrogen-bond donors (Lipinski definition) is 6. The molecule has 16 heavy (non-hydrogen) atoms. The molecule has 1 atom stereocenters. The first-order chi connectivity index (χ1) is 6.95. The molecule has 0 bridgehead atoms. The third kappa shape index (κ3) is 3.61. The first kappa shape index (κ1) is 16.2. The summed E-state index contributed by atoms with van der Waals surface area (Å²) >= 11 is 0.